The molecule has 4 rings (SSSR count). The van der Waals surface area contributed by atoms with Crippen molar-refractivity contribution >= 4 is 43.3 Å². The van der Waals surface area contributed by atoms with E-state index in [1.165, 1.54) is 12.1 Å². The molecule has 7 heteroatoms. The number of carbonyl (C=O) groups is 1. The smallest absolute Gasteiger partial charge is 0.211 e. The highest BCUT2D eigenvalue weighted by molar-refractivity contribution is 7.92. The third-order valence-electron chi connectivity index (χ3n) is 5.44. The third kappa shape index (κ3) is 4.29. The molecule has 0 atom stereocenters. The van der Waals surface area contributed by atoms with Crippen LogP contribution < -0.4 is 11.1 Å². The summed E-state index contributed by atoms with van der Waals surface area (Å²) in [4.78, 5) is 13.5. The van der Waals surface area contributed by atoms with E-state index in [9.17, 15) is 13.2 Å². The Morgan fingerprint density at radius 1 is 0.939 bits per heavy atom. The lowest BCUT2D eigenvalue weighted by atomic mass is 10.1. The summed E-state index contributed by atoms with van der Waals surface area (Å²) in [6, 6.07) is 22.8. The molecule has 5 nitrogen and oxygen atoms in total. The molecule has 0 saturated carbocycles. The maximum absolute atomic E-state index is 13.7. The standard InChI is InChI=1S/C26H24N2O3S2/c1-3-18-14-10-11-17(2)22(18)28-26-25(33(30,31)20-15-8-5-9-16-20)21(27)24(32-26)23(29)19-12-6-4-7-13-19/h4-16,28H,3,27H2,1-2H3. The van der Waals surface area contributed by atoms with Crippen LogP contribution in [0, 0.1) is 6.92 Å². The molecule has 1 aromatic heterocycles. The van der Waals surface area contributed by atoms with Crippen LogP contribution in [0.25, 0.3) is 0 Å². The molecule has 0 aliphatic rings. The van der Waals surface area contributed by atoms with E-state index < -0.39 is 9.84 Å². The molecule has 33 heavy (non-hydrogen) atoms. The van der Waals surface area contributed by atoms with Crippen molar-refractivity contribution in [2.24, 2.45) is 0 Å². The molecule has 0 aliphatic heterocycles. The van der Waals surface area contributed by atoms with E-state index in [1.54, 1.807) is 42.5 Å². The fraction of sp³-hybridized carbons (Fsp3) is 0.115. The topological polar surface area (TPSA) is 89.3 Å². The van der Waals surface area contributed by atoms with Crippen molar-refractivity contribution in [3.8, 4) is 0 Å². The zero-order valence-electron chi connectivity index (χ0n) is 18.3. The lowest BCUT2D eigenvalue weighted by molar-refractivity contribution is 0.104. The lowest BCUT2D eigenvalue weighted by Gasteiger charge is -2.14. The van der Waals surface area contributed by atoms with Crippen LogP contribution in [0.1, 0.15) is 33.3 Å². The van der Waals surface area contributed by atoms with E-state index in [1.807, 2.05) is 38.1 Å². The highest BCUT2D eigenvalue weighted by Crippen LogP contribution is 2.44. The van der Waals surface area contributed by atoms with Crippen molar-refractivity contribution in [3.63, 3.8) is 0 Å². The first-order valence-electron chi connectivity index (χ1n) is 10.5. The number of anilines is 3. The van der Waals surface area contributed by atoms with E-state index >= 15 is 0 Å². The second kappa shape index (κ2) is 9.21. The first-order chi connectivity index (χ1) is 15.8. The molecule has 0 amide bonds. The van der Waals surface area contributed by atoms with Crippen LogP contribution in [0.3, 0.4) is 0 Å². The highest BCUT2D eigenvalue weighted by Gasteiger charge is 2.32. The first-order valence-corrected chi connectivity index (χ1v) is 12.8. The van der Waals surface area contributed by atoms with Gasteiger partial charge in [0.2, 0.25) is 15.6 Å². The second-order valence-corrected chi connectivity index (χ2v) is 10.5. The van der Waals surface area contributed by atoms with E-state index in [0.29, 0.717) is 10.6 Å². The van der Waals surface area contributed by atoms with Gasteiger partial charge in [-0.05, 0) is 36.6 Å². The maximum Gasteiger partial charge on any atom is 0.211 e. The molecule has 1 heterocycles. The van der Waals surface area contributed by atoms with Gasteiger partial charge in [-0.1, -0.05) is 73.7 Å². The highest BCUT2D eigenvalue weighted by atomic mass is 32.2. The molecule has 4 aromatic rings. The summed E-state index contributed by atoms with van der Waals surface area (Å²) in [5.74, 6) is -0.309. The van der Waals surface area contributed by atoms with Gasteiger partial charge in [0.1, 0.15) is 14.8 Å². The molecule has 3 aromatic carbocycles. The predicted molar refractivity (Wildman–Crippen MR) is 134 cm³/mol. The van der Waals surface area contributed by atoms with Crippen LogP contribution in [-0.4, -0.2) is 14.2 Å². The molecule has 0 radical (unpaired) electrons. The van der Waals surface area contributed by atoms with Gasteiger partial charge >= 0.3 is 0 Å². The van der Waals surface area contributed by atoms with E-state index in [2.05, 4.69) is 5.32 Å². The first kappa shape index (κ1) is 22.8. The van der Waals surface area contributed by atoms with Crippen LogP contribution in [0.4, 0.5) is 16.4 Å². The number of para-hydroxylation sites is 1. The number of hydrogen-bond donors (Lipinski definition) is 2. The lowest BCUT2D eigenvalue weighted by Crippen LogP contribution is -2.08. The van der Waals surface area contributed by atoms with Crippen molar-refractivity contribution in [2.75, 3.05) is 11.1 Å². The van der Waals surface area contributed by atoms with Crippen molar-refractivity contribution < 1.29 is 13.2 Å². The summed E-state index contributed by atoms with van der Waals surface area (Å²) in [7, 11) is -3.98. The number of sulfone groups is 1. The molecule has 0 bridgehead atoms. The van der Waals surface area contributed by atoms with Crippen molar-refractivity contribution in [3.05, 3.63) is 100 Å². The van der Waals surface area contributed by atoms with Crippen molar-refractivity contribution in [1.29, 1.82) is 0 Å². The fourth-order valence-corrected chi connectivity index (χ4v) is 6.64. The van der Waals surface area contributed by atoms with E-state index in [-0.39, 0.29) is 26.1 Å². The third-order valence-corrected chi connectivity index (χ3v) is 8.55. The van der Waals surface area contributed by atoms with Gasteiger partial charge in [-0.2, -0.15) is 0 Å². The summed E-state index contributed by atoms with van der Waals surface area (Å²) in [6.45, 7) is 3.99. The van der Waals surface area contributed by atoms with Gasteiger partial charge in [0.15, 0.2) is 0 Å². The van der Waals surface area contributed by atoms with Gasteiger partial charge in [-0.25, -0.2) is 8.42 Å². The van der Waals surface area contributed by atoms with Crippen molar-refractivity contribution in [1.82, 2.24) is 0 Å². The largest absolute Gasteiger partial charge is 0.396 e. The molecule has 168 valence electrons. The van der Waals surface area contributed by atoms with Gasteiger partial charge in [0.25, 0.3) is 0 Å². The van der Waals surface area contributed by atoms with Gasteiger partial charge in [0, 0.05) is 11.3 Å². The average molecular weight is 477 g/mol. The zero-order valence-corrected chi connectivity index (χ0v) is 20.0. The number of nitrogens with one attached hydrogen (secondary N) is 1. The van der Waals surface area contributed by atoms with Crippen LogP contribution >= 0.6 is 11.3 Å². The van der Waals surface area contributed by atoms with Gasteiger partial charge in [-0.15, -0.1) is 11.3 Å². The Kier molecular flexibility index (Phi) is 6.35. The Morgan fingerprint density at radius 3 is 2.21 bits per heavy atom. The Bertz CT molecular complexity index is 1410. The monoisotopic (exact) mass is 476 g/mol. The molecule has 0 unspecified atom stereocenters. The molecule has 0 spiro atoms. The minimum atomic E-state index is -3.98. The van der Waals surface area contributed by atoms with Crippen molar-refractivity contribution in [2.45, 2.75) is 30.1 Å². The quantitative estimate of drug-likeness (QED) is 0.319. The SMILES string of the molecule is CCc1cccc(C)c1Nc1sc(C(=O)c2ccccc2)c(N)c1S(=O)(=O)c1ccccc1. The number of nitrogens with two attached hydrogens (primary N) is 1. The predicted octanol–water partition coefficient (Wildman–Crippen LogP) is 6.01. The molecule has 0 saturated heterocycles. The summed E-state index contributed by atoms with van der Waals surface area (Å²) < 4.78 is 27.3. The second-order valence-electron chi connectivity index (χ2n) is 7.60. The molecular weight excluding hydrogens is 452 g/mol. The number of rotatable bonds is 7. The summed E-state index contributed by atoms with van der Waals surface area (Å²) >= 11 is 1.07. The number of hydrogen-bond acceptors (Lipinski definition) is 6. The summed E-state index contributed by atoms with van der Waals surface area (Å²) in [5, 5.41) is 3.64. The number of carbonyl (C=O) groups excluding carboxylic acids is 1. The molecular formula is C26H24N2O3S2. The van der Waals surface area contributed by atoms with Crippen LogP contribution in [0.2, 0.25) is 0 Å². The minimum absolute atomic E-state index is 0.0353. The molecule has 0 aliphatic carbocycles. The van der Waals surface area contributed by atoms with Crippen LogP contribution in [0.5, 0.6) is 0 Å². The molecule has 0 fully saturated rings. The number of aryl methyl sites for hydroxylation is 2. The maximum atomic E-state index is 13.7. The number of benzene rings is 3. The number of ketones is 1. The normalized spacial score (nSPS) is 11.3. The van der Waals surface area contributed by atoms with E-state index in [0.717, 1.165) is 34.6 Å². The minimum Gasteiger partial charge on any atom is -0.396 e. The Labute approximate surface area is 197 Å². The van der Waals surface area contributed by atoms with Gasteiger partial charge in [-0.3, -0.25) is 4.79 Å². The fourth-order valence-electron chi connectivity index (χ4n) is 3.70. The van der Waals surface area contributed by atoms with E-state index in [4.69, 9.17) is 5.73 Å². The van der Waals surface area contributed by atoms with Crippen LogP contribution in [-0.2, 0) is 16.3 Å². The number of thiophene rings is 1. The van der Waals surface area contributed by atoms with Crippen LogP contribution in [0.15, 0.2) is 88.7 Å². The number of nitrogen functional groups attached to an aromatic ring is 1. The van der Waals surface area contributed by atoms with Gasteiger partial charge in [0.05, 0.1) is 10.6 Å². The Hall–Kier alpha value is -3.42. The summed E-state index contributed by atoms with van der Waals surface area (Å²) in [6.07, 6.45) is 0.765. The zero-order chi connectivity index (χ0) is 23.6. The van der Waals surface area contributed by atoms with Gasteiger partial charge < -0.3 is 11.1 Å². The molecule has 3 N–H and O–H groups in total. The summed E-state index contributed by atoms with van der Waals surface area (Å²) in [5.41, 5.74) is 9.65. The Morgan fingerprint density at radius 2 is 1.58 bits per heavy atom. The average Bonchev–Trinajstić information content (AvgIpc) is 3.17. The Balaban J connectivity index is 1.93.